The molecule has 3 heterocycles. The summed E-state index contributed by atoms with van der Waals surface area (Å²) in [6, 6.07) is 1.82. The first-order chi connectivity index (χ1) is 10.5. The maximum absolute atomic E-state index is 11.5. The first kappa shape index (κ1) is 14.5. The summed E-state index contributed by atoms with van der Waals surface area (Å²) in [5.74, 6) is -1.50. The molecule has 1 aliphatic heterocycles. The largest absolute Gasteiger partial charge is 0.387 e. The van der Waals surface area contributed by atoms with E-state index in [4.69, 9.17) is 9.57 Å². The Morgan fingerprint density at radius 3 is 2.77 bits per heavy atom. The highest BCUT2D eigenvalue weighted by atomic mass is 79.9. The van der Waals surface area contributed by atoms with Crippen molar-refractivity contribution >= 4 is 27.9 Å². The minimum absolute atomic E-state index is 0.0903. The van der Waals surface area contributed by atoms with Gasteiger partial charge in [-0.1, -0.05) is 6.92 Å². The summed E-state index contributed by atoms with van der Waals surface area (Å²) in [5, 5.41) is 0. The smallest absolute Gasteiger partial charge is 0.356 e. The maximum Gasteiger partial charge on any atom is 0.356 e. The zero-order chi connectivity index (χ0) is 15.7. The lowest BCUT2D eigenvalue weighted by Gasteiger charge is -2.08. The molecular weight excluding hydrogens is 354 g/mol. The number of pyridine rings is 1. The second-order valence-corrected chi connectivity index (χ2v) is 5.51. The highest BCUT2D eigenvalue weighted by Gasteiger charge is 2.21. The summed E-state index contributed by atoms with van der Waals surface area (Å²) < 4.78 is 6.89. The maximum atomic E-state index is 11.5. The average Bonchev–Trinajstić information content (AvgIpc) is 2.85. The van der Waals surface area contributed by atoms with E-state index < -0.39 is 11.9 Å². The van der Waals surface area contributed by atoms with Crippen molar-refractivity contribution in [2.24, 2.45) is 0 Å². The summed E-state index contributed by atoms with van der Waals surface area (Å²) >= 11 is 3.36. The van der Waals surface area contributed by atoms with Crippen LogP contribution in [0.25, 0.3) is 0 Å². The number of fused-ring (bicyclic) bond motifs is 1. The molecular formula is C14H10BrN3O4. The summed E-state index contributed by atoms with van der Waals surface area (Å²) in [7, 11) is 0. The fourth-order valence-corrected chi connectivity index (χ4v) is 2.31. The number of rotatable bonds is 2. The Labute approximate surface area is 133 Å². The Balaban J connectivity index is 1.95. The standard InChI is InChI=1S/C14H10BrN3O4/c1-8(9-4-10(15)6-16-5-9)11-7-18-14(17-11)21-12(19)2-3-13(20)22-18/h2-8H,1H3/b3-2+. The molecule has 0 bridgehead atoms. The predicted octanol–water partition coefficient (Wildman–Crippen LogP) is 1.62. The van der Waals surface area contributed by atoms with Crippen LogP contribution < -0.4 is 9.57 Å². The van der Waals surface area contributed by atoms with Gasteiger partial charge in [0, 0.05) is 34.9 Å². The summed E-state index contributed by atoms with van der Waals surface area (Å²) in [4.78, 5) is 36.2. The number of aromatic nitrogens is 3. The normalized spacial score (nSPS) is 16.8. The van der Waals surface area contributed by atoms with Crippen molar-refractivity contribution in [1.29, 1.82) is 0 Å². The Morgan fingerprint density at radius 1 is 1.23 bits per heavy atom. The lowest BCUT2D eigenvalue weighted by molar-refractivity contribution is -0.142. The molecule has 1 atom stereocenters. The highest BCUT2D eigenvalue weighted by molar-refractivity contribution is 9.10. The lowest BCUT2D eigenvalue weighted by atomic mass is 10.0. The number of nitrogens with zero attached hydrogens (tertiary/aromatic N) is 3. The molecule has 2 aromatic heterocycles. The van der Waals surface area contributed by atoms with E-state index in [1.165, 1.54) is 6.20 Å². The third-order valence-corrected chi connectivity index (χ3v) is 3.50. The van der Waals surface area contributed by atoms with Gasteiger partial charge in [-0.15, -0.1) is 4.73 Å². The first-order valence-electron chi connectivity index (χ1n) is 6.35. The van der Waals surface area contributed by atoms with E-state index in [0.29, 0.717) is 5.69 Å². The van der Waals surface area contributed by atoms with Crippen LogP contribution in [0, 0.1) is 0 Å². The van der Waals surface area contributed by atoms with Crippen molar-refractivity contribution < 1.29 is 19.2 Å². The molecule has 0 radical (unpaired) electrons. The van der Waals surface area contributed by atoms with Crippen LogP contribution >= 0.6 is 15.9 Å². The Kier molecular flexibility index (Phi) is 3.76. The molecule has 0 N–H and O–H groups in total. The van der Waals surface area contributed by atoms with Crippen molar-refractivity contribution in [3.8, 4) is 6.01 Å². The van der Waals surface area contributed by atoms with Crippen LogP contribution in [0.3, 0.4) is 0 Å². The molecule has 0 aliphatic carbocycles. The van der Waals surface area contributed by atoms with Gasteiger partial charge in [0.1, 0.15) is 0 Å². The molecule has 7 nitrogen and oxygen atoms in total. The molecule has 8 heteroatoms. The van der Waals surface area contributed by atoms with Crippen LogP contribution in [0.2, 0.25) is 0 Å². The topological polar surface area (TPSA) is 83.3 Å². The molecule has 112 valence electrons. The van der Waals surface area contributed by atoms with Gasteiger partial charge >= 0.3 is 17.9 Å². The molecule has 0 saturated heterocycles. The SMILES string of the molecule is CC(c1cncc(Br)c1)c1cn2c(n1)OC(=O)/C=C/C(=O)O2. The molecule has 0 aromatic carbocycles. The lowest BCUT2D eigenvalue weighted by Crippen LogP contribution is -2.22. The molecule has 3 rings (SSSR count). The minimum Gasteiger partial charge on any atom is -0.387 e. The molecule has 0 spiro atoms. The Bertz CT molecular complexity index is 747. The Hall–Kier alpha value is -2.48. The van der Waals surface area contributed by atoms with E-state index in [-0.39, 0.29) is 11.9 Å². The molecule has 1 aliphatic rings. The predicted molar refractivity (Wildman–Crippen MR) is 78.0 cm³/mol. The van der Waals surface area contributed by atoms with Crippen LogP contribution in [0.15, 0.2) is 41.3 Å². The second-order valence-electron chi connectivity index (χ2n) is 4.60. The number of imidazole rings is 1. The molecule has 0 amide bonds. The van der Waals surface area contributed by atoms with E-state index >= 15 is 0 Å². The van der Waals surface area contributed by atoms with Gasteiger partial charge in [-0.2, -0.15) is 4.98 Å². The van der Waals surface area contributed by atoms with Crippen LogP contribution in [-0.2, 0) is 9.59 Å². The summed E-state index contributed by atoms with van der Waals surface area (Å²) in [6.45, 7) is 1.92. The molecule has 22 heavy (non-hydrogen) atoms. The van der Waals surface area contributed by atoms with Gasteiger partial charge in [0.2, 0.25) is 0 Å². The Morgan fingerprint density at radius 2 is 2.00 bits per heavy atom. The number of hydrogen-bond donors (Lipinski definition) is 0. The molecule has 0 fully saturated rings. The molecule has 0 saturated carbocycles. The van der Waals surface area contributed by atoms with Gasteiger partial charge in [-0.3, -0.25) is 4.98 Å². The summed E-state index contributed by atoms with van der Waals surface area (Å²) in [6.07, 6.45) is 6.88. The first-order valence-corrected chi connectivity index (χ1v) is 7.14. The van der Waals surface area contributed by atoms with Crippen molar-refractivity contribution in [1.82, 2.24) is 14.7 Å². The van der Waals surface area contributed by atoms with E-state index in [2.05, 4.69) is 25.9 Å². The van der Waals surface area contributed by atoms with Gasteiger partial charge in [0.15, 0.2) is 0 Å². The van der Waals surface area contributed by atoms with Gasteiger partial charge in [0.05, 0.1) is 11.9 Å². The van der Waals surface area contributed by atoms with Gasteiger partial charge in [-0.05, 0) is 27.6 Å². The summed E-state index contributed by atoms with van der Waals surface area (Å²) in [5.41, 5.74) is 1.49. The van der Waals surface area contributed by atoms with Crippen molar-refractivity contribution in [3.05, 3.63) is 52.5 Å². The van der Waals surface area contributed by atoms with Crippen molar-refractivity contribution in [3.63, 3.8) is 0 Å². The average molecular weight is 364 g/mol. The third-order valence-electron chi connectivity index (χ3n) is 3.07. The molecule has 2 aromatic rings. The number of halogens is 1. The highest BCUT2D eigenvalue weighted by Crippen LogP contribution is 2.26. The zero-order valence-electron chi connectivity index (χ0n) is 11.4. The second kappa shape index (κ2) is 5.72. The fraction of sp³-hybridized carbons (Fsp3) is 0.143. The number of esters is 1. The number of hydrogen-bond acceptors (Lipinski definition) is 6. The minimum atomic E-state index is -0.688. The number of ether oxygens (including phenoxy) is 1. The van der Waals surface area contributed by atoms with E-state index in [1.54, 1.807) is 12.4 Å². The van der Waals surface area contributed by atoms with Gasteiger partial charge in [-0.25, -0.2) is 9.59 Å². The van der Waals surface area contributed by atoms with E-state index in [9.17, 15) is 9.59 Å². The van der Waals surface area contributed by atoms with Gasteiger partial charge in [0.25, 0.3) is 0 Å². The van der Waals surface area contributed by atoms with Crippen molar-refractivity contribution in [2.45, 2.75) is 12.8 Å². The monoisotopic (exact) mass is 363 g/mol. The quantitative estimate of drug-likeness (QED) is 0.754. The van der Waals surface area contributed by atoms with Crippen LogP contribution in [-0.4, -0.2) is 26.6 Å². The van der Waals surface area contributed by atoms with Crippen molar-refractivity contribution in [2.75, 3.05) is 0 Å². The number of carbonyl (C=O) groups excluding carboxylic acids is 2. The van der Waals surface area contributed by atoms with Gasteiger partial charge < -0.3 is 9.57 Å². The fourth-order valence-electron chi connectivity index (χ4n) is 1.93. The zero-order valence-corrected chi connectivity index (χ0v) is 13.0. The molecule has 1 unspecified atom stereocenters. The number of carbonyl (C=O) groups is 2. The van der Waals surface area contributed by atoms with Crippen LogP contribution in [0.5, 0.6) is 6.01 Å². The van der Waals surface area contributed by atoms with Crippen LogP contribution in [0.1, 0.15) is 24.1 Å². The van der Waals surface area contributed by atoms with E-state index in [0.717, 1.165) is 26.9 Å². The van der Waals surface area contributed by atoms with E-state index in [1.807, 2.05) is 13.0 Å². The third kappa shape index (κ3) is 2.91. The van der Waals surface area contributed by atoms with Crippen LogP contribution in [0.4, 0.5) is 0 Å².